The average Bonchev–Trinajstić information content (AvgIpc) is 2.65. The molecule has 0 saturated heterocycles. The van der Waals surface area contributed by atoms with E-state index in [1.54, 1.807) is 19.1 Å². The monoisotopic (exact) mass is 396 g/mol. The fraction of sp³-hybridized carbons (Fsp3) is 0.474. The van der Waals surface area contributed by atoms with Crippen LogP contribution >= 0.6 is 11.6 Å². The Labute approximate surface area is 164 Å². The Hall–Kier alpha value is -2.41. The van der Waals surface area contributed by atoms with E-state index in [9.17, 15) is 9.59 Å². The molecule has 0 bridgehead atoms. The third-order valence-electron chi connectivity index (χ3n) is 4.22. The first-order valence-corrected chi connectivity index (χ1v) is 9.23. The maximum absolute atomic E-state index is 12.7. The Morgan fingerprint density at radius 1 is 1.22 bits per heavy atom. The number of esters is 1. The number of ether oxygens (including phenoxy) is 3. The minimum atomic E-state index is -0.707. The van der Waals surface area contributed by atoms with Gasteiger partial charge in [-0.2, -0.15) is 0 Å². The van der Waals surface area contributed by atoms with Crippen LogP contribution in [0.5, 0.6) is 11.5 Å². The van der Waals surface area contributed by atoms with Gasteiger partial charge in [-0.05, 0) is 37.5 Å². The minimum Gasteiger partial charge on any atom is -0.493 e. The van der Waals surface area contributed by atoms with Gasteiger partial charge in [-0.15, -0.1) is 0 Å². The smallest absolute Gasteiger partial charge is 0.338 e. The predicted molar refractivity (Wildman–Crippen MR) is 102 cm³/mol. The van der Waals surface area contributed by atoms with Crippen LogP contribution in [0.15, 0.2) is 23.4 Å². The van der Waals surface area contributed by atoms with Gasteiger partial charge < -0.3 is 24.8 Å². The largest absolute Gasteiger partial charge is 0.493 e. The number of rotatable bonds is 8. The fourth-order valence-corrected chi connectivity index (χ4v) is 3.27. The number of nitrogens with one attached hydrogen (secondary N) is 2. The summed E-state index contributed by atoms with van der Waals surface area (Å²) in [5, 5.41) is 5.84. The molecule has 27 heavy (non-hydrogen) atoms. The Balaban J connectivity index is 2.58. The lowest BCUT2D eigenvalue weighted by molar-refractivity contribution is -0.139. The summed E-state index contributed by atoms with van der Waals surface area (Å²) in [4.78, 5) is 24.9. The molecule has 1 unspecified atom stereocenters. The Kier molecular flexibility index (Phi) is 7.36. The van der Waals surface area contributed by atoms with Crippen LogP contribution in [0, 0.1) is 0 Å². The number of hydrogen-bond acceptors (Lipinski definition) is 5. The third-order valence-corrected chi connectivity index (χ3v) is 4.50. The molecule has 0 radical (unpaired) electrons. The van der Waals surface area contributed by atoms with Gasteiger partial charge in [0.05, 0.1) is 37.5 Å². The van der Waals surface area contributed by atoms with Crippen LogP contribution < -0.4 is 20.1 Å². The molecule has 7 nitrogen and oxygen atoms in total. The number of unbranched alkanes of at least 4 members (excludes halogenated alkanes) is 1. The number of benzene rings is 1. The molecule has 0 fully saturated rings. The van der Waals surface area contributed by atoms with E-state index in [1.165, 1.54) is 14.2 Å². The highest BCUT2D eigenvalue weighted by Gasteiger charge is 2.34. The summed E-state index contributed by atoms with van der Waals surface area (Å²) in [5.41, 5.74) is 1.53. The maximum atomic E-state index is 12.7. The molecular formula is C19H25ClN2O5. The zero-order chi connectivity index (χ0) is 20.0. The van der Waals surface area contributed by atoms with E-state index >= 15 is 0 Å². The fourth-order valence-electron chi connectivity index (χ4n) is 2.97. The third kappa shape index (κ3) is 4.66. The number of urea groups is 1. The van der Waals surface area contributed by atoms with E-state index in [4.69, 9.17) is 25.8 Å². The van der Waals surface area contributed by atoms with Crippen molar-refractivity contribution in [3.05, 3.63) is 34.0 Å². The van der Waals surface area contributed by atoms with Crippen LogP contribution in [0.3, 0.4) is 0 Å². The summed E-state index contributed by atoms with van der Waals surface area (Å²) in [6, 6.07) is 2.25. The van der Waals surface area contributed by atoms with Crippen molar-refractivity contribution in [2.24, 2.45) is 0 Å². The van der Waals surface area contributed by atoms with Gasteiger partial charge in [0, 0.05) is 5.70 Å². The van der Waals surface area contributed by atoms with E-state index in [0.717, 1.165) is 12.8 Å². The molecule has 2 rings (SSSR count). The van der Waals surface area contributed by atoms with Crippen LogP contribution in [-0.4, -0.2) is 32.8 Å². The van der Waals surface area contributed by atoms with Gasteiger partial charge in [-0.1, -0.05) is 24.9 Å². The van der Waals surface area contributed by atoms with Crippen molar-refractivity contribution in [2.75, 3.05) is 20.8 Å². The topological polar surface area (TPSA) is 85.9 Å². The summed E-state index contributed by atoms with van der Waals surface area (Å²) >= 11 is 6.31. The lowest BCUT2D eigenvalue weighted by Gasteiger charge is -2.30. The van der Waals surface area contributed by atoms with Crippen molar-refractivity contribution in [3.63, 3.8) is 0 Å². The van der Waals surface area contributed by atoms with Crippen LogP contribution in [0.1, 0.15) is 44.7 Å². The molecule has 1 aromatic rings. The number of hydrogen-bond donors (Lipinski definition) is 2. The molecule has 1 aliphatic heterocycles. The molecule has 1 aromatic carbocycles. The minimum absolute atomic E-state index is 0.233. The summed E-state index contributed by atoms with van der Waals surface area (Å²) < 4.78 is 15.8. The van der Waals surface area contributed by atoms with Gasteiger partial charge in [0.2, 0.25) is 0 Å². The molecule has 0 spiro atoms. The number of halogens is 1. The summed E-state index contributed by atoms with van der Waals surface area (Å²) in [6.07, 6.45) is 2.32. The standard InChI is InChI=1S/C19H25ClN2O5/c1-5-7-8-13-15(18(23)27-6-2)16(22-19(24)21-13)11-9-12(20)17(26-4)14(10-11)25-3/h9-10,16H,5-8H2,1-4H3,(H2,21,22,24). The normalized spacial score (nSPS) is 16.5. The van der Waals surface area contributed by atoms with Gasteiger partial charge in [0.15, 0.2) is 11.5 Å². The second kappa shape index (κ2) is 9.50. The van der Waals surface area contributed by atoms with E-state index < -0.39 is 12.0 Å². The van der Waals surface area contributed by atoms with E-state index in [1.807, 2.05) is 6.92 Å². The van der Waals surface area contributed by atoms with Crippen molar-refractivity contribution in [3.8, 4) is 11.5 Å². The lowest BCUT2D eigenvalue weighted by Crippen LogP contribution is -2.46. The average molecular weight is 397 g/mol. The van der Waals surface area contributed by atoms with Crippen LogP contribution in [0.25, 0.3) is 0 Å². The first kappa shape index (κ1) is 20.9. The van der Waals surface area contributed by atoms with Crippen molar-refractivity contribution in [1.29, 1.82) is 0 Å². The second-order valence-corrected chi connectivity index (χ2v) is 6.39. The molecule has 2 N–H and O–H groups in total. The maximum Gasteiger partial charge on any atom is 0.338 e. The highest BCUT2D eigenvalue weighted by atomic mass is 35.5. The second-order valence-electron chi connectivity index (χ2n) is 5.99. The van der Waals surface area contributed by atoms with Crippen LogP contribution in [0.4, 0.5) is 4.79 Å². The number of amides is 2. The van der Waals surface area contributed by atoms with E-state index in [2.05, 4.69) is 10.6 Å². The molecular weight excluding hydrogens is 372 g/mol. The Bertz CT molecular complexity index is 748. The van der Waals surface area contributed by atoms with Gasteiger partial charge in [-0.25, -0.2) is 9.59 Å². The van der Waals surface area contributed by atoms with Crippen molar-refractivity contribution < 1.29 is 23.8 Å². The first-order chi connectivity index (χ1) is 13.0. The molecule has 0 saturated carbocycles. The van der Waals surface area contributed by atoms with Gasteiger partial charge in [0.25, 0.3) is 0 Å². The molecule has 0 aliphatic carbocycles. The van der Waals surface area contributed by atoms with E-state index in [0.29, 0.717) is 39.8 Å². The lowest BCUT2D eigenvalue weighted by atomic mass is 9.93. The van der Waals surface area contributed by atoms with E-state index in [-0.39, 0.29) is 12.6 Å². The Morgan fingerprint density at radius 3 is 2.56 bits per heavy atom. The number of allylic oxidation sites excluding steroid dienone is 1. The van der Waals surface area contributed by atoms with Gasteiger partial charge in [-0.3, -0.25) is 0 Å². The number of carbonyl (C=O) groups excluding carboxylic acids is 2. The van der Waals surface area contributed by atoms with Gasteiger partial charge >= 0.3 is 12.0 Å². The summed E-state index contributed by atoms with van der Waals surface area (Å²) in [7, 11) is 2.98. The highest BCUT2D eigenvalue weighted by molar-refractivity contribution is 6.32. The quantitative estimate of drug-likeness (QED) is 0.654. The first-order valence-electron chi connectivity index (χ1n) is 8.85. The highest BCUT2D eigenvalue weighted by Crippen LogP contribution is 2.40. The summed E-state index contributed by atoms with van der Waals surface area (Å²) in [5.74, 6) is 0.314. The van der Waals surface area contributed by atoms with Crippen LogP contribution in [-0.2, 0) is 9.53 Å². The molecule has 1 aliphatic rings. The SMILES string of the molecule is CCCCC1=C(C(=O)OCC)C(c2cc(Cl)c(OC)c(OC)c2)NC(=O)N1. The van der Waals surface area contributed by atoms with Crippen molar-refractivity contribution in [1.82, 2.24) is 10.6 Å². The number of carbonyl (C=O) groups is 2. The summed E-state index contributed by atoms with van der Waals surface area (Å²) in [6.45, 7) is 4.01. The zero-order valence-corrected chi connectivity index (χ0v) is 16.7. The van der Waals surface area contributed by atoms with Crippen molar-refractivity contribution >= 4 is 23.6 Å². The number of methoxy groups -OCH3 is 2. The predicted octanol–water partition coefficient (Wildman–Crippen LogP) is 3.72. The molecule has 2 amide bonds. The molecule has 1 atom stereocenters. The molecule has 8 heteroatoms. The zero-order valence-electron chi connectivity index (χ0n) is 16.0. The molecule has 148 valence electrons. The Morgan fingerprint density at radius 2 is 1.96 bits per heavy atom. The van der Waals surface area contributed by atoms with Crippen molar-refractivity contribution in [2.45, 2.75) is 39.2 Å². The molecule has 1 heterocycles. The molecule has 0 aromatic heterocycles. The van der Waals surface area contributed by atoms with Crippen LogP contribution in [0.2, 0.25) is 5.02 Å². The van der Waals surface area contributed by atoms with Gasteiger partial charge in [0.1, 0.15) is 0 Å².